The average Bonchev–Trinajstić information content (AvgIpc) is 2.27. The SMILES string of the molecule is Cc1ccc(N)c(Sc2ccccc2Br)n1. The van der Waals surface area contributed by atoms with Crippen LogP contribution in [0.25, 0.3) is 0 Å². The maximum absolute atomic E-state index is 5.89. The van der Waals surface area contributed by atoms with Crippen LogP contribution < -0.4 is 5.73 Å². The lowest BCUT2D eigenvalue weighted by atomic mass is 10.3. The molecule has 0 unspecified atom stereocenters. The first-order valence-corrected chi connectivity index (χ1v) is 6.43. The molecule has 0 saturated heterocycles. The Hall–Kier alpha value is -1.000. The highest BCUT2D eigenvalue weighted by molar-refractivity contribution is 9.10. The summed E-state index contributed by atoms with van der Waals surface area (Å²) >= 11 is 5.08. The van der Waals surface area contributed by atoms with E-state index in [0.29, 0.717) is 5.69 Å². The van der Waals surface area contributed by atoms with Gasteiger partial charge in [0, 0.05) is 15.1 Å². The van der Waals surface area contributed by atoms with Crippen LogP contribution in [0.2, 0.25) is 0 Å². The van der Waals surface area contributed by atoms with E-state index in [1.165, 1.54) is 0 Å². The van der Waals surface area contributed by atoms with Crippen LogP contribution in [0.5, 0.6) is 0 Å². The summed E-state index contributed by atoms with van der Waals surface area (Å²) in [6, 6.07) is 11.8. The average molecular weight is 295 g/mol. The van der Waals surface area contributed by atoms with E-state index in [2.05, 4.69) is 20.9 Å². The monoisotopic (exact) mass is 294 g/mol. The summed E-state index contributed by atoms with van der Waals surface area (Å²) in [5, 5.41) is 0.854. The molecular formula is C12H11BrN2S. The fourth-order valence-corrected chi connectivity index (χ4v) is 2.68. The number of benzene rings is 1. The number of pyridine rings is 1. The third-order valence-electron chi connectivity index (χ3n) is 2.07. The van der Waals surface area contributed by atoms with Crippen LogP contribution in [0.4, 0.5) is 5.69 Å². The van der Waals surface area contributed by atoms with Gasteiger partial charge in [-0.15, -0.1) is 0 Å². The van der Waals surface area contributed by atoms with Crippen LogP contribution in [0, 0.1) is 6.92 Å². The zero-order valence-electron chi connectivity index (χ0n) is 8.77. The minimum Gasteiger partial charge on any atom is -0.397 e. The van der Waals surface area contributed by atoms with Crippen molar-refractivity contribution in [3.8, 4) is 0 Å². The third kappa shape index (κ3) is 2.57. The molecular weight excluding hydrogens is 284 g/mol. The smallest absolute Gasteiger partial charge is 0.124 e. The van der Waals surface area contributed by atoms with Crippen LogP contribution in [-0.2, 0) is 0 Å². The van der Waals surface area contributed by atoms with Crippen molar-refractivity contribution in [3.63, 3.8) is 0 Å². The van der Waals surface area contributed by atoms with Crippen molar-refractivity contribution in [2.45, 2.75) is 16.8 Å². The van der Waals surface area contributed by atoms with Gasteiger partial charge in [0.25, 0.3) is 0 Å². The lowest BCUT2D eigenvalue weighted by Gasteiger charge is -2.06. The molecule has 2 N–H and O–H groups in total. The molecule has 2 rings (SSSR count). The molecule has 0 aliphatic heterocycles. The molecule has 0 saturated carbocycles. The summed E-state index contributed by atoms with van der Waals surface area (Å²) in [4.78, 5) is 5.54. The van der Waals surface area contributed by atoms with Crippen molar-refractivity contribution >= 4 is 33.4 Å². The molecule has 0 fully saturated rings. The van der Waals surface area contributed by atoms with Crippen LogP contribution in [-0.4, -0.2) is 4.98 Å². The normalized spacial score (nSPS) is 10.4. The number of hydrogen-bond acceptors (Lipinski definition) is 3. The number of rotatable bonds is 2. The summed E-state index contributed by atoms with van der Waals surface area (Å²) in [6.45, 7) is 1.96. The van der Waals surface area contributed by atoms with Gasteiger partial charge in [0.05, 0.1) is 5.69 Å². The summed E-state index contributed by atoms with van der Waals surface area (Å²) in [6.07, 6.45) is 0. The maximum Gasteiger partial charge on any atom is 0.124 e. The van der Waals surface area contributed by atoms with E-state index < -0.39 is 0 Å². The summed E-state index contributed by atoms with van der Waals surface area (Å²) in [7, 11) is 0. The topological polar surface area (TPSA) is 38.9 Å². The van der Waals surface area contributed by atoms with E-state index in [1.807, 2.05) is 43.3 Å². The fourth-order valence-electron chi connectivity index (χ4n) is 1.26. The first kappa shape index (κ1) is 11.5. The standard InChI is InChI=1S/C12H11BrN2S/c1-8-6-7-10(14)12(15-8)16-11-5-3-2-4-9(11)13/h2-7H,14H2,1H3. The van der Waals surface area contributed by atoms with E-state index in [1.54, 1.807) is 11.8 Å². The van der Waals surface area contributed by atoms with Gasteiger partial charge in [-0.25, -0.2) is 4.98 Å². The lowest BCUT2D eigenvalue weighted by Crippen LogP contribution is -1.93. The molecule has 0 bridgehead atoms. The van der Waals surface area contributed by atoms with Crippen molar-refractivity contribution in [1.82, 2.24) is 4.98 Å². The highest BCUT2D eigenvalue weighted by Crippen LogP contribution is 2.34. The van der Waals surface area contributed by atoms with Gasteiger partial charge in [0.15, 0.2) is 0 Å². The van der Waals surface area contributed by atoms with Crippen molar-refractivity contribution in [2.75, 3.05) is 5.73 Å². The third-order valence-corrected chi connectivity index (χ3v) is 4.12. The fraction of sp³-hybridized carbons (Fsp3) is 0.0833. The van der Waals surface area contributed by atoms with Crippen molar-refractivity contribution in [1.29, 1.82) is 0 Å². The molecule has 0 radical (unpaired) electrons. The Morgan fingerprint density at radius 3 is 2.69 bits per heavy atom. The number of nitrogens with zero attached hydrogens (tertiary/aromatic N) is 1. The van der Waals surface area contributed by atoms with E-state index in [0.717, 1.165) is 20.1 Å². The highest BCUT2D eigenvalue weighted by atomic mass is 79.9. The summed E-state index contributed by atoms with van der Waals surface area (Å²) in [5.74, 6) is 0. The maximum atomic E-state index is 5.89. The number of nitrogen functional groups attached to an aromatic ring is 1. The highest BCUT2D eigenvalue weighted by Gasteiger charge is 2.06. The van der Waals surface area contributed by atoms with Gasteiger partial charge in [-0.05, 0) is 47.1 Å². The molecule has 1 heterocycles. The predicted octanol–water partition coefficient (Wildman–Crippen LogP) is 3.89. The number of halogens is 1. The Morgan fingerprint density at radius 1 is 1.19 bits per heavy atom. The van der Waals surface area contributed by atoms with Gasteiger partial charge >= 0.3 is 0 Å². The van der Waals surface area contributed by atoms with Gasteiger partial charge in [-0.1, -0.05) is 23.9 Å². The van der Waals surface area contributed by atoms with Gasteiger partial charge in [0.1, 0.15) is 5.03 Å². The number of aryl methyl sites for hydroxylation is 1. The van der Waals surface area contributed by atoms with Crippen molar-refractivity contribution in [2.24, 2.45) is 0 Å². The number of hydrogen-bond donors (Lipinski definition) is 1. The summed E-state index contributed by atoms with van der Waals surface area (Å²) in [5.41, 5.74) is 7.58. The molecule has 0 amide bonds. The van der Waals surface area contributed by atoms with Gasteiger partial charge in [0.2, 0.25) is 0 Å². The van der Waals surface area contributed by atoms with Crippen LogP contribution in [0.3, 0.4) is 0 Å². The Balaban J connectivity index is 2.34. The zero-order chi connectivity index (χ0) is 11.5. The van der Waals surface area contributed by atoms with Crippen molar-refractivity contribution < 1.29 is 0 Å². The molecule has 0 atom stereocenters. The second kappa shape index (κ2) is 4.89. The minimum absolute atomic E-state index is 0.714. The largest absolute Gasteiger partial charge is 0.397 e. The Morgan fingerprint density at radius 2 is 1.94 bits per heavy atom. The Kier molecular flexibility index (Phi) is 3.51. The Labute approximate surface area is 107 Å². The zero-order valence-corrected chi connectivity index (χ0v) is 11.2. The predicted molar refractivity (Wildman–Crippen MR) is 71.7 cm³/mol. The molecule has 4 heteroatoms. The second-order valence-electron chi connectivity index (χ2n) is 3.38. The molecule has 82 valence electrons. The van der Waals surface area contributed by atoms with Gasteiger partial charge in [-0.3, -0.25) is 0 Å². The first-order chi connectivity index (χ1) is 7.66. The van der Waals surface area contributed by atoms with Crippen LogP contribution >= 0.6 is 27.7 Å². The van der Waals surface area contributed by atoms with E-state index in [9.17, 15) is 0 Å². The number of nitrogens with two attached hydrogens (primary N) is 1. The van der Waals surface area contributed by atoms with E-state index in [4.69, 9.17) is 5.73 Å². The molecule has 1 aromatic heterocycles. The van der Waals surface area contributed by atoms with Crippen LogP contribution in [0.15, 0.2) is 50.8 Å². The van der Waals surface area contributed by atoms with Gasteiger partial charge in [-0.2, -0.15) is 0 Å². The number of aromatic nitrogens is 1. The van der Waals surface area contributed by atoms with Gasteiger partial charge < -0.3 is 5.73 Å². The Bertz CT molecular complexity index is 514. The van der Waals surface area contributed by atoms with Crippen molar-refractivity contribution in [3.05, 3.63) is 46.6 Å². The lowest BCUT2D eigenvalue weighted by molar-refractivity contribution is 1.07. The van der Waals surface area contributed by atoms with E-state index in [-0.39, 0.29) is 0 Å². The van der Waals surface area contributed by atoms with Crippen LogP contribution in [0.1, 0.15) is 5.69 Å². The first-order valence-electron chi connectivity index (χ1n) is 4.82. The molecule has 16 heavy (non-hydrogen) atoms. The van der Waals surface area contributed by atoms with E-state index >= 15 is 0 Å². The minimum atomic E-state index is 0.714. The molecule has 2 aromatic rings. The summed E-state index contributed by atoms with van der Waals surface area (Å²) < 4.78 is 1.06. The molecule has 0 spiro atoms. The molecule has 1 aromatic carbocycles. The quantitative estimate of drug-likeness (QED) is 0.913. The molecule has 0 aliphatic carbocycles. The number of anilines is 1. The second-order valence-corrected chi connectivity index (χ2v) is 5.26. The molecule has 0 aliphatic rings. The molecule has 2 nitrogen and oxygen atoms in total.